The van der Waals surface area contributed by atoms with Crippen molar-refractivity contribution in [1.29, 1.82) is 0 Å². The highest BCUT2D eigenvalue weighted by Crippen LogP contribution is 2.65. The molecule has 30 heavy (non-hydrogen) atoms. The molecule has 5 aliphatic rings. The van der Waals surface area contributed by atoms with Gasteiger partial charge in [0.1, 0.15) is 6.67 Å². The van der Waals surface area contributed by atoms with Crippen molar-refractivity contribution in [3.8, 4) is 0 Å². The molecule has 5 nitrogen and oxygen atoms in total. The summed E-state index contributed by atoms with van der Waals surface area (Å²) in [4.78, 5) is 39.7. The van der Waals surface area contributed by atoms with Crippen LogP contribution in [0.15, 0.2) is 36.4 Å². The molecular weight excluding hydrogens is 397 g/mol. The van der Waals surface area contributed by atoms with Crippen LogP contribution in [0.25, 0.3) is 0 Å². The van der Waals surface area contributed by atoms with Gasteiger partial charge in [-0.3, -0.25) is 24.2 Å². The van der Waals surface area contributed by atoms with Crippen molar-refractivity contribution in [2.24, 2.45) is 35.5 Å². The molecule has 3 amide bonds. The Hall–Kier alpha value is -2.64. The molecule has 6 rings (SSSR count). The number of anilines is 1. The SMILES string of the molecule is CCc1ccc(N(CN2C(=O)[C@@H]3[C@H]4C=C[C@H]([C@H]5C[C@H]45)[C@@H]3C2=O)C(=O)C(F)(F)F)cc1. The summed E-state index contributed by atoms with van der Waals surface area (Å²) in [6, 6.07) is 6.11. The highest BCUT2D eigenvalue weighted by atomic mass is 19.4. The van der Waals surface area contributed by atoms with E-state index < -0.39 is 42.4 Å². The summed E-state index contributed by atoms with van der Waals surface area (Å²) in [5.74, 6) is -3.29. The predicted octanol–water partition coefficient (Wildman–Crippen LogP) is 3.15. The largest absolute Gasteiger partial charge is 0.471 e. The lowest BCUT2D eigenvalue weighted by molar-refractivity contribution is -0.171. The van der Waals surface area contributed by atoms with Gasteiger partial charge >= 0.3 is 12.1 Å². The van der Waals surface area contributed by atoms with Crippen LogP contribution in [-0.2, 0) is 20.8 Å². The summed E-state index contributed by atoms with van der Waals surface area (Å²) in [6.07, 6.45) is 0.564. The number of likely N-dealkylation sites (tertiary alicyclic amines) is 1. The van der Waals surface area contributed by atoms with E-state index in [9.17, 15) is 27.6 Å². The summed E-state index contributed by atoms with van der Waals surface area (Å²) < 4.78 is 39.9. The fourth-order valence-electron chi connectivity index (χ4n) is 5.63. The summed E-state index contributed by atoms with van der Waals surface area (Å²) in [6.45, 7) is 1.19. The number of amides is 3. The molecule has 1 aromatic carbocycles. The third-order valence-electron chi connectivity index (χ3n) is 7.18. The van der Waals surface area contributed by atoms with Gasteiger partial charge in [0.05, 0.1) is 11.8 Å². The fourth-order valence-corrected chi connectivity index (χ4v) is 5.63. The molecule has 3 fully saturated rings. The number of allylic oxidation sites excluding steroid dienone is 2. The van der Waals surface area contributed by atoms with Gasteiger partial charge in [-0.15, -0.1) is 0 Å². The van der Waals surface area contributed by atoms with Crippen LogP contribution in [0, 0.1) is 35.5 Å². The number of carbonyl (C=O) groups is 3. The van der Waals surface area contributed by atoms with Gasteiger partial charge in [-0.05, 0) is 54.2 Å². The lowest BCUT2D eigenvalue weighted by Gasteiger charge is -2.37. The van der Waals surface area contributed by atoms with Crippen LogP contribution < -0.4 is 4.90 Å². The number of nitrogens with zero attached hydrogens (tertiary/aromatic N) is 2. The van der Waals surface area contributed by atoms with Crippen LogP contribution in [0.2, 0.25) is 0 Å². The molecule has 1 aliphatic heterocycles. The van der Waals surface area contributed by atoms with Crippen LogP contribution in [-0.4, -0.2) is 35.5 Å². The van der Waals surface area contributed by atoms with E-state index in [4.69, 9.17) is 0 Å². The fraction of sp³-hybridized carbons (Fsp3) is 0.500. The van der Waals surface area contributed by atoms with E-state index in [0.717, 1.165) is 16.9 Å². The number of halogens is 3. The van der Waals surface area contributed by atoms with E-state index in [0.29, 0.717) is 23.2 Å². The van der Waals surface area contributed by atoms with Crippen LogP contribution in [0.3, 0.4) is 0 Å². The maximum absolute atomic E-state index is 13.3. The number of rotatable bonds is 4. The number of benzene rings is 1. The molecule has 1 aromatic rings. The van der Waals surface area contributed by atoms with Crippen LogP contribution >= 0.6 is 0 Å². The maximum Gasteiger partial charge on any atom is 0.471 e. The van der Waals surface area contributed by atoms with Gasteiger partial charge < -0.3 is 0 Å². The molecule has 0 radical (unpaired) electrons. The minimum Gasteiger partial charge on any atom is -0.286 e. The van der Waals surface area contributed by atoms with Gasteiger partial charge in [0, 0.05) is 5.69 Å². The highest BCUT2D eigenvalue weighted by Gasteiger charge is 2.67. The number of hydrogen-bond acceptors (Lipinski definition) is 3. The first-order valence-electron chi connectivity index (χ1n) is 10.2. The molecule has 158 valence electrons. The first-order chi connectivity index (χ1) is 14.2. The third-order valence-corrected chi connectivity index (χ3v) is 7.18. The zero-order valence-corrected chi connectivity index (χ0v) is 16.3. The third kappa shape index (κ3) is 2.72. The normalized spacial score (nSPS) is 33.5. The lowest BCUT2D eigenvalue weighted by atomic mass is 9.63. The van der Waals surface area contributed by atoms with Crippen molar-refractivity contribution in [2.75, 3.05) is 11.6 Å². The minimum atomic E-state index is -5.12. The Morgan fingerprint density at radius 2 is 1.57 bits per heavy atom. The van der Waals surface area contributed by atoms with Gasteiger partial charge in [0.2, 0.25) is 11.8 Å². The molecular formula is C22H21F3N2O3. The van der Waals surface area contributed by atoms with E-state index in [1.54, 1.807) is 12.1 Å². The maximum atomic E-state index is 13.3. The van der Waals surface area contributed by atoms with E-state index >= 15 is 0 Å². The molecule has 4 aliphatic carbocycles. The molecule has 0 N–H and O–H groups in total. The van der Waals surface area contributed by atoms with Crippen molar-refractivity contribution in [3.63, 3.8) is 0 Å². The topological polar surface area (TPSA) is 57.7 Å². The minimum absolute atomic E-state index is 0.00828. The smallest absolute Gasteiger partial charge is 0.286 e. The molecule has 0 unspecified atom stereocenters. The molecule has 0 spiro atoms. The van der Waals surface area contributed by atoms with Crippen LogP contribution in [0.1, 0.15) is 18.9 Å². The first kappa shape index (κ1) is 19.3. The van der Waals surface area contributed by atoms with Crippen molar-refractivity contribution in [2.45, 2.75) is 25.9 Å². The standard InChI is InChI=1S/C22H21F3N2O3/c1-2-11-3-5-12(6-4-11)26(21(30)22(23,24)25)10-27-19(28)17-13-7-8-14(16-9-15(13)16)18(17)20(27)29/h3-8,13-18H,2,9-10H2,1H3/t13-,14+,15-,16-,17+,18-/m1/s1. The van der Waals surface area contributed by atoms with E-state index in [1.165, 1.54) is 12.1 Å². The Morgan fingerprint density at radius 3 is 2.03 bits per heavy atom. The Labute approximate surface area is 171 Å². The Bertz CT molecular complexity index is 919. The van der Waals surface area contributed by atoms with Gasteiger partial charge in [-0.1, -0.05) is 31.2 Å². The Morgan fingerprint density at radius 1 is 1.03 bits per heavy atom. The summed E-state index contributed by atoms with van der Waals surface area (Å²) in [5.41, 5.74) is 0.910. The summed E-state index contributed by atoms with van der Waals surface area (Å²) in [7, 11) is 0. The van der Waals surface area contributed by atoms with Crippen molar-refractivity contribution in [1.82, 2.24) is 4.90 Å². The molecule has 0 aromatic heterocycles. The number of hydrogen-bond donors (Lipinski definition) is 0. The zero-order valence-electron chi connectivity index (χ0n) is 16.3. The van der Waals surface area contributed by atoms with Gasteiger partial charge in [-0.2, -0.15) is 13.2 Å². The number of aryl methyl sites for hydroxylation is 1. The molecule has 8 heteroatoms. The quantitative estimate of drug-likeness (QED) is 0.558. The number of alkyl halides is 3. The zero-order chi connectivity index (χ0) is 21.4. The van der Waals surface area contributed by atoms with Crippen molar-refractivity contribution in [3.05, 3.63) is 42.0 Å². The Balaban J connectivity index is 1.45. The second kappa shape index (κ2) is 6.43. The molecule has 1 heterocycles. The second-order valence-electron chi connectivity index (χ2n) is 8.65. The highest BCUT2D eigenvalue weighted by molar-refractivity contribution is 6.07. The molecule has 2 saturated carbocycles. The molecule has 6 atom stereocenters. The van der Waals surface area contributed by atoms with Gasteiger partial charge in [0.25, 0.3) is 0 Å². The summed E-state index contributed by atoms with van der Waals surface area (Å²) in [5, 5.41) is 0. The van der Waals surface area contributed by atoms with Crippen LogP contribution in [0.4, 0.5) is 18.9 Å². The second-order valence-corrected chi connectivity index (χ2v) is 8.65. The van der Waals surface area contributed by atoms with Crippen LogP contribution in [0.5, 0.6) is 0 Å². The lowest BCUT2D eigenvalue weighted by Crippen LogP contribution is -2.49. The van der Waals surface area contributed by atoms with Crippen molar-refractivity contribution < 1.29 is 27.6 Å². The van der Waals surface area contributed by atoms with Gasteiger partial charge in [-0.25, -0.2) is 0 Å². The first-order valence-corrected chi connectivity index (χ1v) is 10.2. The van der Waals surface area contributed by atoms with Gasteiger partial charge in [0.15, 0.2) is 0 Å². The van der Waals surface area contributed by atoms with Crippen molar-refractivity contribution >= 4 is 23.4 Å². The van der Waals surface area contributed by atoms with E-state index in [2.05, 4.69) is 0 Å². The summed E-state index contributed by atoms with van der Waals surface area (Å²) >= 11 is 0. The van der Waals surface area contributed by atoms with E-state index in [1.807, 2.05) is 19.1 Å². The number of carbonyl (C=O) groups excluding carboxylic acids is 3. The average molecular weight is 418 g/mol. The molecule has 1 saturated heterocycles. The molecule has 2 bridgehead atoms. The monoisotopic (exact) mass is 418 g/mol. The Kier molecular flexibility index (Phi) is 4.14. The predicted molar refractivity (Wildman–Crippen MR) is 101 cm³/mol. The average Bonchev–Trinajstić information content (AvgIpc) is 3.51. The van der Waals surface area contributed by atoms with E-state index in [-0.39, 0.29) is 17.5 Å². The number of imide groups is 1.